The van der Waals surface area contributed by atoms with Crippen LogP contribution in [-0.4, -0.2) is 47.8 Å². The van der Waals surface area contributed by atoms with E-state index in [1.54, 1.807) is 17.1 Å². The maximum Gasteiger partial charge on any atom is 0.257 e. The van der Waals surface area contributed by atoms with Crippen molar-refractivity contribution >= 4 is 11.6 Å². The molecule has 1 fully saturated rings. The summed E-state index contributed by atoms with van der Waals surface area (Å²) in [4.78, 5) is 15.6. The van der Waals surface area contributed by atoms with E-state index in [1.165, 1.54) is 31.4 Å². The third kappa shape index (κ3) is 5.18. The second-order valence-electron chi connectivity index (χ2n) is 8.72. The first-order chi connectivity index (χ1) is 15.5. The minimum absolute atomic E-state index is 0.00549. The van der Waals surface area contributed by atoms with Crippen molar-refractivity contribution in [1.29, 1.82) is 0 Å². The number of carbonyl (C=O) groups excluding carboxylic acids is 1. The van der Waals surface area contributed by atoms with Crippen LogP contribution in [0.2, 0.25) is 0 Å². The molecule has 4 rings (SSSR count). The smallest absolute Gasteiger partial charge is 0.257 e. The van der Waals surface area contributed by atoms with E-state index >= 15 is 0 Å². The quantitative estimate of drug-likeness (QED) is 0.601. The Hall–Kier alpha value is -2.73. The minimum Gasteiger partial charge on any atom is -0.494 e. The van der Waals surface area contributed by atoms with E-state index in [0.29, 0.717) is 25.6 Å². The number of carbonyl (C=O) groups is 1. The Morgan fingerprint density at radius 1 is 1.09 bits per heavy atom. The normalized spacial score (nSPS) is 19.3. The monoisotopic (exact) mass is 437 g/mol. The minimum atomic E-state index is -0.280. The predicted octanol–water partition coefficient (Wildman–Crippen LogP) is 5.17. The van der Waals surface area contributed by atoms with Gasteiger partial charge in [0.25, 0.3) is 5.91 Å². The zero-order valence-corrected chi connectivity index (χ0v) is 19.0. The average molecular weight is 438 g/mol. The van der Waals surface area contributed by atoms with Gasteiger partial charge >= 0.3 is 0 Å². The highest BCUT2D eigenvalue weighted by Crippen LogP contribution is 2.34. The first kappa shape index (κ1) is 22.5. The summed E-state index contributed by atoms with van der Waals surface area (Å²) in [6.07, 6.45) is 6.64. The van der Waals surface area contributed by atoms with Crippen LogP contribution < -0.4 is 4.74 Å². The van der Waals surface area contributed by atoms with Crippen molar-refractivity contribution in [1.82, 2.24) is 9.91 Å². The molecule has 1 aliphatic carbocycles. The molecule has 2 aromatic carbocycles. The molecule has 2 aliphatic rings. The number of amides is 1. The van der Waals surface area contributed by atoms with Gasteiger partial charge in [-0.05, 0) is 62.2 Å². The highest BCUT2D eigenvalue weighted by Gasteiger charge is 2.34. The van der Waals surface area contributed by atoms with E-state index in [1.807, 2.05) is 38.2 Å². The molecule has 0 bridgehead atoms. The van der Waals surface area contributed by atoms with Gasteiger partial charge < -0.3 is 4.74 Å². The van der Waals surface area contributed by atoms with Crippen LogP contribution in [0.3, 0.4) is 0 Å². The van der Waals surface area contributed by atoms with Crippen LogP contribution in [0.25, 0.3) is 0 Å². The van der Waals surface area contributed by atoms with E-state index < -0.39 is 0 Å². The standard InChI is InChI=1S/C26H32FN3O2/c1-3-32-23-15-11-20(12-16-23)25-17-24(19-9-13-21(27)14-10-19)28-30(25)26(31)18-29(2)22-7-5-4-6-8-22/h9-16,22,25H,3-8,17-18H2,1-2H3. The average Bonchev–Trinajstić information content (AvgIpc) is 3.26. The molecule has 1 unspecified atom stereocenters. The van der Waals surface area contributed by atoms with Crippen molar-refractivity contribution in [2.75, 3.05) is 20.2 Å². The summed E-state index contributed by atoms with van der Waals surface area (Å²) in [5.41, 5.74) is 2.67. The fourth-order valence-corrected chi connectivity index (χ4v) is 4.71. The van der Waals surface area contributed by atoms with Crippen molar-refractivity contribution in [3.8, 4) is 5.75 Å². The van der Waals surface area contributed by atoms with Gasteiger partial charge in [-0.2, -0.15) is 5.10 Å². The number of likely N-dealkylation sites (N-methyl/N-ethyl adjacent to an activating group) is 1. The van der Waals surface area contributed by atoms with Gasteiger partial charge in [-0.25, -0.2) is 9.40 Å². The van der Waals surface area contributed by atoms with E-state index in [-0.39, 0.29) is 17.8 Å². The van der Waals surface area contributed by atoms with Crippen LogP contribution in [0, 0.1) is 5.82 Å². The fraction of sp³-hybridized carbons (Fsp3) is 0.462. The Kier molecular flexibility index (Phi) is 7.20. The summed E-state index contributed by atoms with van der Waals surface area (Å²) in [5, 5.41) is 6.36. The van der Waals surface area contributed by atoms with Gasteiger partial charge in [0.1, 0.15) is 11.6 Å². The largest absolute Gasteiger partial charge is 0.494 e. The van der Waals surface area contributed by atoms with Crippen LogP contribution in [0.15, 0.2) is 53.6 Å². The molecule has 1 amide bonds. The van der Waals surface area contributed by atoms with Crippen molar-refractivity contribution < 1.29 is 13.9 Å². The van der Waals surface area contributed by atoms with Gasteiger partial charge in [-0.1, -0.05) is 43.5 Å². The van der Waals surface area contributed by atoms with Gasteiger partial charge in [0.05, 0.1) is 24.9 Å². The molecular formula is C26H32FN3O2. The molecule has 2 aromatic rings. The van der Waals surface area contributed by atoms with Crippen LogP contribution >= 0.6 is 0 Å². The van der Waals surface area contributed by atoms with Gasteiger partial charge in [-0.3, -0.25) is 9.69 Å². The molecule has 5 nitrogen and oxygen atoms in total. The first-order valence-corrected chi connectivity index (χ1v) is 11.6. The number of rotatable bonds is 7. The fourth-order valence-electron chi connectivity index (χ4n) is 4.71. The molecule has 0 aromatic heterocycles. The molecule has 0 saturated heterocycles. The molecular weight excluding hydrogens is 405 g/mol. The summed E-state index contributed by atoms with van der Waals surface area (Å²) < 4.78 is 19.0. The molecule has 1 saturated carbocycles. The van der Waals surface area contributed by atoms with E-state index in [2.05, 4.69) is 4.90 Å². The van der Waals surface area contributed by atoms with Crippen LogP contribution in [0.1, 0.15) is 62.6 Å². The maximum atomic E-state index is 13.4. The van der Waals surface area contributed by atoms with Gasteiger partial charge in [0.2, 0.25) is 0 Å². The Balaban J connectivity index is 1.56. The molecule has 170 valence electrons. The molecule has 0 N–H and O–H groups in total. The van der Waals surface area contributed by atoms with Crippen LogP contribution in [0.5, 0.6) is 5.75 Å². The maximum absolute atomic E-state index is 13.4. The predicted molar refractivity (Wildman–Crippen MR) is 124 cm³/mol. The lowest BCUT2D eigenvalue weighted by molar-refractivity contribution is -0.134. The third-order valence-electron chi connectivity index (χ3n) is 6.50. The Bertz CT molecular complexity index is 937. The van der Waals surface area contributed by atoms with Gasteiger partial charge in [0, 0.05) is 12.5 Å². The SMILES string of the molecule is CCOc1ccc(C2CC(c3ccc(F)cc3)=NN2C(=O)CN(C)C2CCCCC2)cc1. The number of hydrazone groups is 1. The first-order valence-electron chi connectivity index (χ1n) is 11.6. The molecule has 0 spiro atoms. The second kappa shape index (κ2) is 10.3. The molecule has 1 aliphatic heterocycles. The number of nitrogens with zero attached hydrogens (tertiary/aromatic N) is 3. The lowest BCUT2D eigenvalue weighted by Crippen LogP contribution is -2.41. The van der Waals surface area contributed by atoms with E-state index in [9.17, 15) is 9.18 Å². The number of ether oxygens (including phenoxy) is 1. The summed E-state index contributed by atoms with van der Waals surface area (Å²) in [6, 6.07) is 14.5. The van der Waals surface area contributed by atoms with Crippen LogP contribution in [-0.2, 0) is 4.79 Å². The topological polar surface area (TPSA) is 45.1 Å². The second-order valence-corrected chi connectivity index (χ2v) is 8.72. The Labute approximate surface area is 189 Å². The summed E-state index contributed by atoms with van der Waals surface area (Å²) in [5.74, 6) is 0.523. The molecule has 32 heavy (non-hydrogen) atoms. The van der Waals surface area contributed by atoms with Gasteiger partial charge in [-0.15, -0.1) is 0 Å². The van der Waals surface area contributed by atoms with Crippen molar-refractivity contribution in [3.05, 3.63) is 65.5 Å². The zero-order valence-electron chi connectivity index (χ0n) is 19.0. The number of halogens is 1. The van der Waals surface area contributed by atoms with Gasteiger partial charge in [0.15, 0.2) is 0 Å². The Morgan fingerprint density at radius 2 is 1.78 bits per heavy atom. The molecule has 1 heterocycles. The molecule has 0 radical (unpaired) electrons. The van der Waals surface area contributed by atoms with E-state index in [0.717, 1.165) is 35.4 Å². The van der Waals surface area contributed by atoms with E-state index in [4.69, 9.17) is 9.84 Å². The van der Waals surface area contributed by atoms with Crippen LogP contribution in [0.4, 0.5) is 4.39 Å². The molecule has 6 heteroatoms. The van der Waals surface area contributed by atoms with Crippen molar-refractivity contribution in [3.63, 3.8) is 0 Å². The number of hydrogen-bond donors (Lipinski definition) is 0. The highest BCUT2D eigenvalue weighted by atomic mass is 19.1. The lowest BCUT2D eigenvalue weighted by Gasteiger charge is -2.32. The summed E-state index contributed by atoms with van der Waals surface area (Å²) in [7, 11) is 2.04. The lowest BCUT2D eigenvalue weighted by atomic mass is 9.94. The number of benzene rings is 2. The summed E-state index contributed by atoms with van der Waals surface area (Å²) >= 11 is 0. The zero-order chi connectivity index (χ0) is 22.5. The summed E-state index contributed by atoms with van der Waals surface area (Å²) in [6.45, 7) is 2.91. The van der Waals surface area contributed by atoms with Crippen molar-refractivity contribution in [2.24, 2.45) is 5.10 Å². The number of hydrogen-bond acceptors (Lipinski definition) is 4. The molecule has 1 atom stereocenters. The highest BCUT2D eigenvalue weighted by molar-refractivity contribution is 6.03. The Morgan fingerprint density at radius 3 is 2.44 bits per heavy atom. The third-order valence-corrected chi connectivity index (χ3v) is 6.50. The van der Waals surface area contributed by atoms with Crippen molar-refractivity contribution in [2.45, 2.75) is 57.5 Å².